The Balaban J connectivity index is 1.01. The van der Waals surface area contributed by atoms with Crippen LogP contribution < -0.4 is 0 Å². The van der Waals surface area contributed by atoms with Crippen LogP contribution in [0.1, 0.15) is 0 Å². The van der Waals surface area contributed by atoms with Crippen LogP contribution in [0.2, 0.25) is 0 Å². The van der Waals surface area contributed by atoms with Gasteiger partial charge < -0.3 is 8.98 Å². The predicted molar refractivity (Wildman–Crippen MR) is 266 cm³/mol. The Morgan fingerprint density at radius 3 is 1.78 bits per heavy atom. The number of para-hydroxylation sites is 2. The molecule has 300 valence electrons. The maximum atomic E-state index is 6.54. The van der Waals surface area contributed by atoms with E-state index in [0.29, 0.717) is 17.6 Å². The van der Waals surface area contributed by atoms with Crippen molar-refractivity contribution >= 4 is 87.1 Å². The van der Waals surface area contributed by atoms with Gasteiger partial charge in [-0.2, -0.15) is 9.97 Å². The van der Waals surface area contributed by atoms with Crippen LogP contribution in [0.3, 0.4) is 0 Å². The normalized spacial score (nSPS) is 12.3. The molecule has 1 aliphatic rings. The topological polar surface area (TPSA) is 61.7 Å². The summed E-state index contributed by atoms with van der Waals surface area (Å²) in [5, 5.41) is 11.7. The van der Waals surface area contributed by atoms with Crippen molar-refractivity contribution in [3.8, 4) is 56.7 Å². The summed E-state index contributed by atoms with van der Waals surface area (Å²) in [6.07, 6.45) is 0. The number of rotatable bonds is 5. The van der Waals surface area contributed by atoms with Crippen LogP contribution >= 0.6 is 0 Å². The predicted octanol–water partition coefficient (Wildman–Crippen LogP) is 15.3. The highest BCUT2D eigenvalue weighted by atomic mass is 16.3. The van der Waals surface area contributed by atoms with E-state index in [1.807, 2.05) is 0 Å². The molecular weight excluding hydrogens is 795 g/mol. The molecule has 0 spiro atoms. The second-order valence-electron chi connectivity index (χ2n) is 17.2. The van der Waals surface area contributed by atoms with Gasteiger partial charge in [-0.3, -0.25) is 4.57 Å². The average Bonchev–Trinajstić information content (AvgIpc) is 4.01. The summed E-state index contributed by atoms with van der Waals surface area (Å²) < 4.78 is 11.1. The lowest BCUT2D eigenvalue weighted by molar-refractivity contribution is 0.669. The molecular formula is C59H33N5O. The van der Waals surface area contributed by atoms with Gasteiger partial charge in [-0.05, 0) is 99.1 Å². The van der Waals surface area contributed by atoms with Crippen molar-refractivity contribution in [1.82, 2.24) is 24.1 Å². The number of hydrogen-bond acceptors (Lipinski definition) is 4. The maximum Gasteiger partial charge on any atom is 0.238 e. The lowest BCUT2D eigenvalue weighted by Crippen LogP contribution is -2.06. The zero-order valence-corrected chi connectivity index (χ0v) is 34.7. The molecule has 0 N–H and O–H groups in total. The summed E-state index contributed by atoms with van der Waals surface area (Å²) in [6, 6.07) is 71.3. The molecule has 0 bridgehead atoms. The molecule has 0 unspecified atom stereocenters. The first kappa shape index (κ1) is 34.7. The fraction of sp³-hybridized carbons (Fsp3) is 0. The van der Waals surface area contributed by atoms with Crippen molar-refractivity contribution in [2.24, 2.45) is 0 Å². The van der Waals surface area contributed by atoms with E-state index >= 15 is 0 Å². The van der Waals surface area contributed by atoms with Gasteiger partial charge in [0.05, 0.1) is 22.1 Å². The second-order valence-corrected chi connectivity index (χ2v) is 17.2. The van der Waals surface area contributed by atoms with Gasteiger partial charge in [-0.1, -0.05) is 140 Å². The number of hydrogen-bond donors (Lipinski definition) is 0. The molecule has 10 aromatic carbocycles. The van der Waals surface area contributed by atoms with E-state index in [-0.39, 0.29) is 0 Å². The van der Waals surface area contributed by atoms with Crippen LogP contribution in [0.25, 0.3) is 144 Å². The fourth-order valence-electron chi connectivity index (χ4n) is 10.8. The number of fused-ring (bicyclic) bond motifs is 5. The molecule has 1 aliphatic carbocycles. The lowest BCUT2D eigenvalue weighted by Gasteiger charge is -2.13. The quantitative estimate of drug-likeness (QED) is 0.173. The molecule has 4 aromatic heterocycles. The summed E-state index contributed by atoms with van der Waals surface area (Å²) in [4.78, 5) is 16.3. The Morgan fingerprint density at radius 1 is 0.323 bits per heavy atom. The van der Waals surface area contributed by atoms with Crippen molar-refractivity contribution < 1.29 is 4.42 Å². The minimum absolute atomic E-state index is 0.558. The lowest BCUT2D eigenvalue weighted by atomic mass is 9.98. The minimum Gasteiger partial charge on any atom is -0.456 e. The Hall–Kier alpha value is -8.87. The molecule has 15 rings (SSSR count). The minimum atomic E-state index is 0.558. The Morgan fingerprint density at radius 2 is 0.938 bits per heavy atom. The van der Waals surface area contributed by atoms with Crippen LogP contribution in [0, 0.1) is 0 Å². The van der Waals surface area contributed by atoms with Crippen molar-refractivity contribution in [2.75, 3.05) is 0 Å². The third kappa shape index (κ3) is 4.85. The highest BCUT2D eigenvalue weighted by molar-refractivity contribution is 6.37. The summed E-state index contributed by atoms with van der Waals surface area (Å²) in [5.74, 6) is 1.76. The van der Waals surface area contributed by atoms with Crippen molar-refractivity contribution in [2.45, 2.75) is 0 Å². The van der Waals surface area contributed by atoms with E-state index in [4.69, 9.17) is 19.4 Å². The van der Waals surface area contributed by atoms with E-state index < -0.39 is 0 Å². The summed E-state index contributed by atoms with van der Waals surface area (Å²) >= 11 is 0. The van der Waals surface area contributed by atoms with E-state index in [0.717, 1.165) is 71.6 Å². The number of aromatic nitrogens is 5. The first-order chi connectivity index (χ1) is 32.2. The highest BCUT2D eigenvalue weighted by Gasteiger charge is 2.27. The van der Waals surface area contributed by atoms with Crippen LogP contribution in [-0.2, 0) is 0 Å². The third-order valence-electron chi connectivity index (χ3n) is 13.7. The van der Waals surface area contributed by atoms with Crippen LogP contribution in [0.4, 0.5) is 0 Å². The van der Waals surface area contributed by atoms with Crippen molar-refractivity contribution in [3.05, 3.63) is 200 Å². The molecule has 6 nitrogen and oxygen atoms in total. The van der Waals surface area contributed by atoms with E-state index in [1.54, 1.807) is 0 Å². The maximum absolute atomic E-state index is 6.54. The molecule has 0 saturated carbocycles. The van der Waals surface area contributed by atoms with Gasteiger partial charge in [0.15, 0.2) is 11.6 Å². The van der Waals surface area contributed by atoms with Gasteiger partial charge in [0.25, 0.3) is 0 Å². The third-order valence-corrected chi connectivity index (χ3v) is 13.7. The summed E-state index contributed by atoms with van der Waals surface area (Å²) in [6.45, 7) is 0. The molecule has 0 aliphatic heterocycles. The van der Waals surface area contributed by atoms with E-state index in [9.17, 15) is 0 Å². The molecule has 0 atom stereocenters. The van der Waals surface area contributed by atoms with Gasteiger partial charge in [-0.15, -0.1) is 0 Å². The number of nitrogens with zero attached hydrogens (tertiary/aromatic N) is 5. The SMILES string of the molecule is c1ccc(-c2ccc3cc(-c4nc(-c5ccc6c7ccccc7n(-c7ccccc7)c6c5)nc(-n5c6cccc7c6c6c8c(ccc9oc%10cccc-7c%10c98)ccc65)n4)ccc3c2)cc1. The first-order valence-corrected chi connectivity index (χ1v) is 22.0. The number of furan rings is 1. The van der Waals surface area contributed by atoms with Crippen molar-refractivity contribution in [1.29, 1.82) is 0 Å². The Kier molecular flexibility index (Phi) is 6.86. The van der Waals surface area contributed by atoms with Crippen molar-refractivity contribution in [3.63, 3.8) is 0 Å². The molecule has 65 heavy (non-hydrogen) atoms. The zero-order chi connectivity index (χ0) is 42.3. The molecule has 4 heterocycles. The first-order valence-electron chi connectivity index (χ1n) is 22.0. The van der Waals surface area contributed by atoms with E-state index in [2.05, 4.69) is 209 Å². The van der Waals surface area contributed by atoms with Gasteiger partial charge in [0, 0.05) is 54.5 Å². The molecule has 0 amide bonds. The van der Waals surface area contributed by atoms with Gasteiger partial charge in [0.1, 0.15) is 11.2 Å². The van der Waals surface area contributed by atoms with Crippen LogP contribution in [0.15, 0.2) is 205 Å². The summed E-state index contributed by atoms with van der Waals surface area (Å²) in [7, 11) is 0. The molecule has 6 heteroatoms. The second kappa shape index (κ2) is 12.8. The smallest absolute Gasteiger partial charge is 0.238 e. The average molecular weight is 828 g/mol. The summed E-state index contributed by atoms with van der Waals surface area (Å²) in [5.41, 5.74) is 13.7. The molecule has 0 fully saturated rings. The van der Waals surface area contributed by atoms with Crippen LogP contribution in [0.5, 0.6) is 0 Å². The monoisotopic (exact) mass is 827 g/mol. The highest BCUT2D eigenvalue weighted by Crippen LogP contribution is 2.50. The Bertz CT molecular complexity index is 4350. The number of benzene rings is 10. The van der Waals surface area contributed by atoms with Gasteiger partial charge >= 0.3 is 0 Å². The molecule has 14 aromatic rings. The largest absolute Gasteiger partial charge is 0.456 e. The van der Waals surface area contributed by atoms with Crippen LogP contribution in [-0.4, -0.2) is 24.1 Å². The van der Waals surface area contributed by atoms with E-state index in [1.165, 1.54) is 54.6 Å². The molecule has 0 saturated heterocycles. The zero-order valence-electron chi connectivity index (χ0n) is 34.7. The molecule has 0 radical (unpaired) electrons. The Labute approximate surface area is 370 Å². The van der Waals surface area contributed by atoms with Gasteiger partial charge in [-0.25, -0.2) is 4.98 Å². The standard InChI is InChI=1S/C59H33N5O/c1-3-11-34(12-4-1)36-21-22-38-32-39(24-23-37(38)31-36)57-60-58(40-25-28-43-42-15-7-8-18-46(42)63(49(43)33-40)41-13-5-2-6-14-41)62-59(61-57)64-47-19-9-16-44-45-17-10-20-50-54(45)56-51(65-50)30-27-35-26-29-48(64)55(52(35)56)53(44)47/h1-33H. The van der Waals surface area contributed by atoms with Gasteiger partial charge in [0.2, 0.25) is 5.95 Å². The fourth-order valence-corrected chi connectivity index (χ4v) is 10.8.